The number of esters is 1. The Hall–Kier alpha value is -3.35. The van der Waals surface area contributed by atoms with Gasteiger partial charge in [0.05, 0.1) is 17.8 Å². The summed E-state index contributed by atoms with van der Waals surface area (Å²) in [5, 5.41) is 0.863. The number of piperazine rings is 1. The minimum absolute atomic E-state index is 0.0950. The summed E-state index contributed by atoms with van der Waals surface area (Å²) in [6.07, 6.45) is 0. The molecule has 1 saturated heterocycles. The minimum Gasteiger partial charge on any atom is -0.462 e. The molecule has 1 aromatic heterocycles. The standard InChI is InChI=1S/C24H26FN3O3/c1-3-28-20-8-6-5-7-19(20)22(21(23(28)29)24(30)31-4-2)27-15-13-26(14-16-27)18-11-9-17(25)10-12-18/h5-12H,3-4,13-16H2,1-2H3. The van der Waals surface area contributed by atoms with Crippen molar-refractivity contribution in [3.63, 3.8) is 0 Å². The molecule has 162 valence electrons. The molecule has 0 bridgehead atoms. The number of rotatable bonds is 5. The highest BCUT2D eigenvalue weighted by atomic mass is 19.1. The Morgan fingerprint density at radius 1 is 0.968 bits per heavy atom. The molecular weight excluding hydrogens is 397 g/mol. The lowest BCUT2D eigenvalue weighted by molar-refractivity contribution is 0.0524. The van der Waals surface area contributed by atoms with E-state index in [4.69, 9.17) is 4.74 Å². The molecular formula is C24H26FN3O3. The molecule has 0 unspecified atom stereocenters. The topological polar surface area (TPSA) is 54.8 Å². The number of hydrogen-bond donors (Lipinski definition) is 0. The van der Waals surface area contributed by atoms with E-state index in [-0.39, 0.29) is 23.5 Å². The fourth-order valence-corrected chi connectivity index (χ4v) is 4.26. The van der Waals surface area contributed by atoms with E-state index in [1.807, 2.05) is 31.2 Å². The van der Waals surface area contributed by atoms with Crippen LogP contribution in [0.3, 0.4) is 0 Å². The average molecular weight is 423 g/mol. The van der Waals surface area contributed by atoms with Crippen LogP contribution in [0.1, 0.15) is 24.2 Å². The number of aromatic nitrogens is 1. The summed E-state index contributed by atoms with van der Waals surface area (Å²) >= 11 is 0. The molecule has 1 fully saturated rings. The van der Waals surface area contributed by atoms with E-state index in [9.17, 15) is 14.0 Å². The molecule has 0 amide bonds. The molecule has 1 aliphatic rings. The largest absolute Gasteiger partial charge is 0.462 e. The first-order valence-electron chi connectivity index (χ1n) is 10.6. The number of benzene rings is 2. The smallest absolute Gasteiger partial charge is 0.345 e. The Bertz CT molecular complexity index is 1150. The van der Waals surface area contributed by atoms with Crippen LogP contribution in [-0.4, -0.2) is 43.3 Å². The Morgan fingerprint density at radius 3 is 2.26 bits per heavy atom. The van der Waals surface area contributed by atoms with Gasteiger partial charge >= 0.3 is 5.97 Å². The highest BCUT2D eigenvalue weighted by Gasteiger charge is 2.28. The molecule has 0 radical (unpaired) electrons. The van der Waals surface area contributed by atoms with E-state index < -0.39 is 5.97 Å². The van der Waals surface area contributed by atoms with Gasteiger partial charge in [0, 0.05) is 43.8 Å². The number of ether oxygens (including phenoxy) is 1. The highest BCUT2D eigenvalue weighted by molar-refractivity contribution is 6.05. The molecule has 1 aliphatic heterocycles. The van der Waals surface area contributed by atoms with Gasteiger partial charge in [-0.15, -0.1) is 0 Å². The Kier molecular flexibility index (Phi) is 5.93. The van der Waals surface area contributed by atoms with Gasteiger partial charge in [0.25, 0.3) is 5.56 Å². The highest BCUT2D eigenvalue weighted by Crippen LogP contribution is 2.31. The number of pyridine rings is 1. The second-order valence-corrected chi connectivity index (χ2v) is 7.46. The van der Waals surface area contributed by atoms with Crippen LogP contribution in [0.15, 0.2) is 53.3 Å². The zero-order valence-corrected chi connectivity index (χ0v) is 17.8. The van der Waals surface area contributed by atoms with Crippen molar-refractivity contribution in [2.45, 2.75) is 20.4 Å². The summed E-state index contributed by atoms with van der Waals surface area (Å²) in [5.41, 5.74) is 2.17. The lowest BCUT2D eigenvalue weighted by Gasteiger charge is -2.38. The van der Waals surface area contributed by atoms with Gasteiger partial charge in [-0.1, -0.05) is 18.2 Å². The number of para-hydroxylation sites is 1. The summed E-state index contributed by atoms with van der Waals surface area (Å²) in [5.74, 6) is -0.846. The van der Waals surface area contributed by atoms with Crippen molar-refractivity contribution in [2.75, 3.05) is 42.6 Å². The van der Waals surface area contributed by atoms with Crippen molar-refractivity contribution >= 4 is 28.2 Å². The van der Waals surface area contributed by atoms with Crippen molar-refractivity contribution in [3.05, 3.63) is 70.3 Å². The summed E-state index contributed by atoms with van der Waals surface area (Å²) < 4.78 is 20.2. The molecule has 0 aliphatic carbocycles. The molecule has 6 nitrogen and oxygen atoms in total. The van der Waals surface area contributed by atoms with Crippen molar-refractivity contribution in [3.8, 4) is 0 Å². The molecule has 7 heteroatoms. The molecule has 0 saturated carbocycles. The molecule has 31 heavy (non-hydrogen) atoms. The van der Waals surface area contributed by atoms with Crippen LogP contribution < -0.4 is 15.4 Å². The summed E-state index contributed by atoms with van der Waals surface area (Å²) in [4.78, 5) is 30.4. The second-order valence-electron chi connectivity index (χ2n) is 7.46. The number of carbonyl (C=O) groups excluding carboxylic acids is 1. The first-order valence-corrected chi connectivity index (χ1v) is 10.6. The number of aryl methyl sites for hydroxylation is 1. The first kappa shape index (κ1) is 20.9. The van der Waals surface area contributed by atoms with Gasteiger partial charge in [-0.2, -0.15) is 0 Å². The SMILES string of the molecule is CCOC(=O)c1c(N2CCN(c3ccc(F)cc3)CC2)c2ccccc2n(CC)c1=O. The third kappa shape index (κ3) is 3.87. The van der Waals surface area contributed by atoms with Crippen molar-refractivity contribution < 1.29 is 13.9 Å². The molecule has 0 N–H and O–H groups in total. The Labute approximate surface area is 180 Å². The van der Waals surface area contributed by atoms with Gasteiger partial charge in [-0.05, 0) is 44.2 Å². The fraction of sp³-hybridized carbons (Fsp3) is 0.333. The van der Waals surface area contributed by atoms with Gasteiger partial charge in [-0.3, -0.25) is 4.79 Å². The molecule has 2 aromatic carbocycles. The first-order chi connectivity index (χ1) is 15.0. The van der Waals surface area contributed by atoms with Crippen LogP contribution in [0.25, 0.3) is 10.9 Å². The summed E-state index contributed by atoms with van der Waals surface area (Å²) in [6.45, 7) is 6.94. The lowest BCUT2D eigenvalue weighted by atomic mass is 10.1. The van der Waals surface area contributed by atoms with Crippen LogP contribution in [0, 0.1) is 5.82 Å². The zero-order chi connectivity index (χ0) is 22.0. The predicted molar refractivity (Wildman–Crippen MR) is 121 cm³/mol. The van der Waals surface area contributed by atoms with Gasteiger partial charge in [0.15, 0.2) is 0 Å². The van der Waals surface area contributed by atoms with Gasteiger partial charge in [-0.25, -0.2) is 9.18 Å². The quantitative estimate of drug-likeness (QED) is 0.586. The molecule has 4 rings (SSSR count). The van der Waals surface area contributed by atoms with Crippen LogP contribution in [-0.2, 0) is 11.3 Å². The third-order valence-electron chi connectivity index (χ3n) is 5.73. The van der Waals surface area contributed by atoms with Crippen LogP contribution >= 0.6 is 0 Å². The van der Waals surface area contributed by atoms with Crippen molar-refractivity contribution in [1.82, 2.24) is 4.57 Å². The molecule has 0 atom stereocenters. The van der Waals surface area contributed by atoms with E-state index in [1.165, 1.54) is 12.1 Å². The number of anilines is 2. The number of nitrogens with zero attached hydrogens (tertiary/aromatic N) is 3. The lowest BCUT2D eigenvalue weighted by Crippen LogP contribution is -2.48. The second kappa shape index (κ2) is 8.79. The summed E-state index contributed by atoms with van der Waals surface area (Å²) in [7, 11) is 0. The third-order valence-corrected chi connectivity index (χ3v) is 5.73. The maximum atomic E-state index is 13.3. The normalized spacial score (nSPS) is 14.2. The zero-order valence-electron chi connectivity index (χ0n) is 17.8. The number of hydrogen-bond acceptors (Lipinski definition) is 5. The molecule has 3 aromatic rings. The van der Waals surface area contributed by atoms with Gasteiger partial charge < -0.3 is 19.1 Å². The van der Waals surface area contributed by atoms with E-state index in [0.29, 0.717) is 38.4 Å². The van der Waals surface area contributed by atoms with E-state index in [2.05, 4.69) is 9.80 Å². The molecule has 0 spiro atoms. The van der Waals surface area contributed by atoms with E-state index in [0.717, 1.165) is 16.6 Å². The van der Waals surface area contributed by atoms with Crippen molar-refractivity contribution in [2.24, 2.45) is 0 Å². The Morgan fingerprint density at radius 2 is 1.61 bits per heavy atom. The van der Waals surface area contributed by atoms with E-state index >= 15 is 0 Å². The predicted octanol–water partition coefficient (Wildman–Crippen LogP) is 3.66. The van der Waals surface area contributed by atoms with Gasteiger partial charge in [0.2, 0.25) is 0 Å². The monoisotopic (exact) mass is 423 g/mol. The fourth-order valence-electron chi connectivity index (χ4n) is 4.26. The molecule has 2 heterocycles. The van der Waals surface area contributed by atoms with Crippen molar-refractivity contribution in [1.29, 1.82) is 0 Å². The maximum absolute atomic E-state index is 13.3. The summed E-state index contributed by atoms with van der Waals surface area (Å²) in [6, 6.07) is 14.1. The van der Waals surface area contributed by atoms with Crippen LogP contribution in [0.2, 0.25) is 0 Å². The van der Waals surface area contributed by atoms with Crippen LogP contribution in [0.4, 0.5) is 15.8 Å². The number of halogens is 1. The number of fused-ring (bicyclic) bond motifs is 1. The Balaban J connectivity index is 1.76. The average Bonchev–Trinajstić information content (AvgIpc) is 2.79. The van der Waals surface area contributed by atoms with Crippen LogP contribution in [0.5, 0.6) is 0 Å². The van der Waals surface area contributed by atoms with Gasteiger partial charge in [0.1, 0.15) is 11.4 Å². The maximum Gasteiger partial charge on any atom is 0.345 e. The van der Waals surface area contributed by atoms with E-state index in [1.54, 1.807) is 23.6 Å². The minimum atomic E-state index is -0.587. The number of carbonyl (C=O) groups is 1.